The summed E-state index contributed by atoms with van der Waals surface area (Å²) in [4.78, 5) is 11.8. The number of benzene rings is 1. The van der Waals surface area contributed by atoms with E-state index >= 15 is 0 Å². The molecule has 3 heteroatoms. The van der Waals surface area contributed by atoms with Crippen molar-refractivity contribution in [3.05, 3.63) is 53.0 Å². The van der Waals surface area contributed by atoms with Gasteiger partial charge in [-0.1, -0.05) is 17.7 Å². The fourth-order valence-electron chi connectivity index (χ4n) is 1.55. The van der Waals surface area contributed by atoms with Gasteiger partial charge >= 0.3 is 0 Å². The van der Waals surface area contributed by atoms with E-state index in [2.05, 4.69) is 32.0 Å². The zero-order chi connectivity index (χ0) is 12.3. The lowest BCUT2D eigenvalue weighted by Gasteiger charge is -2.05. The number of carbonyl (C=O) groups is 1. The summed E-state index contributed by atoms with van der Waals surface area (Å²) in [6.45, 7) is 4.18. The number of hydrogen-bond acceptors (Lipinski definition) is 3. The van der Waals surface area contributed by atoms with Gasteiger partial charge in [-0.25, -0.2) is 0 Å². The van der Waals surface area contributed by atoms with Crippen LogP contribution in [0.1, 0.15) is 27.4 Å². The van der Waals surface area contributed by atoms with Gasteiger partial charge in [0.15, 0.2) is 12.0 Å². The molecule has 0 atom stereocenters. The molecule has 0 amide bonds. The van der Waals surface area contributed by atoms with E-state index in [-0.39, 0.29) is 0 Å². The normalized spacial score (nSPS) is 10.5. The van der Waals surface area contributed by atoms with Crippen molar-refractivity contribution in [2.75, 3.05) is 0 Å². The smallest absolute Gasteiger partial charge is 0.185 e. The first kappa shape index (κ1) is 12.0. The third kappa shape index (κ3) is 3.01. The number of furan rings is 1. The third-order valence-corrected chi connectivity index (χ3v) is 3.69. The third-order valence-electron chi connectivity index (χ3n) is 2.51. The molecular weight excluding hydrogens is 232 g/mol. The summed E-state index contributed by atoms with van der Waals surface area (Å²) in [6.07, 6.45) is 0.728. The van der Waals surface area contributed by atoms with Gasteiger partial charge in [0.05, 0.1) is 5.75 Å². The quantitative estimate of drug-likeness (QED) is 0.603. The van der Waals surface area contributed by atoms with E-state index in [1.165, 1.54) is 16.0 Å². The van der Waals surface area contributed by atoms with Crippen molar-refractivity contribution in [3.63, 3.8) is 0 Å². The molecule has 2 aromatic rings. The molecule has 0 unspecified atom stereocenters. The highest BCUT2D eigenvalue weighted by atomic mass is 32.2. The number of rotatable bonds is 4. The van der Waals surface area contributed by atoms with Gasteiger partial charge in [-0.15, -0.1) is 11.8 Å². The molecule has 88 valence electrons. The molecule has 2 nitrogen and oxygen atoms in total. The Morgan fingerprint density at radius 2 is 2.06 bits per heavy atom. The fraction of sp³-hybridized carbons (Fsp3) is 0.214. The molecule has 0 N–H and O–H groups in total. The second-order valence-electron chi connectivity index (χ2n) is 3.98. The zero-order valence-electron chi connectivity index (χ0n) is 9.90. The van der Waals surface area contributed by atoms with Crippen molar-refractivity contribution in [3.8, 4) is 0 Å². The van der Waals surface area contributed by atoms with Gasteiger partial charge in [0.25, 0.3) is 0 Å². The molecule has 17 heavy (non-hydrogen) atoms. The van der Waals surface area contributed by atoms with Crippen molar-refractivity contribution in [1.82, 2.24) is 0 Å². The van der Waals surface area contributed by atoms with Gasteiger partial charge in [-0.3, -0.25) is 4.79 Å². The highest BCUT2D eigenvalue weighted by molar-refractivity contribution is 7.98. The largest absolute Gasteiger partial charge is 0.457 e. The van der Waals surface area contributed by atoms with Crippen LogP contribution in [-0.4, -0.2) is 6.29 Å². The summed E-state index contributed by atoms with van der Waals surface area (Å²) in [5, 5.41) is 0. The maximum absolute atomic E-state index is 10.5. The van der Waals surface area contributed by atoms with E-state index in [9.17, 15) is 4.79 Å². The first-order valence-electron chi connectivity index (χ1n) is 5.43. The Morgan fingerprint density at radius 1 is 1.24 bits per heavy atom. The van der Waals surface area contributed by atoms with Crippen molar-refractivity contribution in [1.29, 1.82) is 0 Å². The average Bonchev–Trinajstić information content (AvgIpc) is 2.78. The minimum Gasteiger partial charge on any atom is -0.457 e. The van der Waals surface area contributed by atoms with E-state index < -0.39 is 0 Å². The summed E-state index contributed by atoms with van der Waals surface area (Å²) in [7, 11) is 0. The van der Waals surface area contributed by atoms with E-state index in [4.69, 9.17) is 4.42 Å². The van der Waals surface area contributed by atoms with Gasteiger partial charge in [0, 0.05) is 4.90 Å². The monoisotopic (exact) mass is 246 g/mol. The number of hydrogen-bond donors (Lipinski definition) is 0. The molecule has 2 rings (SSSR count). The lowest BCUT2D eigenvalue weighted by molar-refractivity contribution is 0.109. The first-order valence-corrected chi connectivity index (χ1v) is 6.41. The van der Waals surface area contributed by atoms with Gasteiger partial charge in [0.1, 0.15) is 5.76 Å². The van der Waals surface area contributed by atoms with Crippen molar-refractivity contribution < 1.29 is 9.21 Å². The Bertz CT molecular complexity index is 529. The summed E-state index contributed by atoms with van der Waals surface area (Å²) in [6, 6.07) is 9.95. The second-order valence-corrected chi connectivity index (χ2v) is 5.00. The standard InChI is InChI=1S/C14H14O2S/c1-10-3-4-11(2)14(7-10)17-9-13-6-5-12(8-15)16-13/h3-8H,9H2,1-2H3. The van der Waals surface area contributed by atoms with E-state index in [0.29, 0.717) is 5.76 Å². The van der Waals surface area contributed by atoms with E-state index in [0.717, 1.165) is 17.8 Å². The van der Waals surface area contributed by atoms with Crippen molar-refractivity contribution >= 4 is 18.0 Å². The van der Waals surface area contributed by atoms with Crippen molar-refractivity contribution in [2.24, 2.45) is 0 Å². The SMILES string of the molecule is Cc1ccc(C)c(SCc2ccc(C=O)o2)c1. The second kappa shape index (κ2) is 5.23. The Labute approximate surface area is 105 Å². The molecule has 0 saturated carbocycles. The number of carbonyl (C=O) groups excluding carboxylic acids is 1. The molecule has 1 aromatic carbocycles. The van der Waals surface area contributed by atoms with Crippen LogP contribution in [0.4, 0.5) is 0 Å². The van der Waals surface area contributed by atoms with Gasteiger partial charge in [0.2, 0.25) is 0 Å². The highest BCUT2D eigenvalue weighted by Gasteiger charge is 2.04. The molecule has 0 bridgehead atoms. The van der Waals surface area contributed by atoms with E-state index in [1.807, 2.05) is 6.07 Å². The van der Waals surface area contributed by atoms with Crippen LogP contribution in [0.5, 0.6) is 0 Å². The maximum Gasteiger partial charge on any atom is 0.185 e. The predicted molar refractivity (Wildman–Crippen MR) is 69.6 cm³/mol. The topological polar surface area (TPSA) is 30.2 Å². The summed E-state index contributed by atoms with van der Waals surface area (Å²) >= 11 is 1.73. The molecule has 0 fully saturated rings. The molecule has 1 heterocycles. The van der Waals surface area contributed by atoms with Gasteiger partial charge in [-0.05, 0) is 37.6 Å². The molecule has 1 aromatic heterocycles. The van der Waals surface area contributed by atoms with Crippen LogP contribution in [0.25, 0.3) is 0 Å². The van der Waals surface area contributed by atoms with Crippen LogP contribution >= 0.6 is 11.8 Å². The molecule has 0 radical (unpaired) electrons. The lowest BCUT2D eigenvalue weighted by atomic mass is 10.2. The number of aldehydes is 1. The van der Waals surface area contributed by atoms with Crippen LogP contribution in [0.3, 0.4) is 0 Å². The fourth-order valence-corrected chi connectivity index (χ4v) is 2.56. The van der Waals surface area contributed by atoms with Crippen molar-refractivity contribution in [2.45, 2.75) is 24.5 Å². The molecule has 0 aliphatic rings. The first-order chi connectivity index (χ1) is 8.19. The number of aryl methyl sites for hydroxylation is 2. The summed E-state index contributed by atoms with van der Waals surface area (Å²) in [5.74, 6) is 1.97. The highest BCUT2D eigenvalue weighted by Crippen LogP contribution is 2.27. The zero-order valence-corrected chi connectivity index (χ0v) is 10.7. The predicted octanol–water partition coefficient (Wildman–Crippen LogP) is 4.00. The molecule has 0 aliphatic heterocycles. The molecule has 0 spiro atoms. The van der Waals surface area contributed by atoms with Crippen LogP contribution in [0.2, 0.25) is 0 Å². The maximum atomic E-state index is 10.5. The Balaban J connectivity index is 2.06. The average molecular weight is 246 g/mol. The minimum absolute atomic E-state index is 0.390. The van der Waals surface area contributed by atoms with Crippen LogP contribution in [-0.2, 0) is 5.75 Å². The Morgan fingerprint density at radius 3 is 2.76 bits per heavy atom. The molecular formula is C14H14O2S. The minimum atomic E-state index is 0.390. The number of thioether (sulfide) groups is 1. The van der Waals surface area contributed by atoms with Crippen LogP contribution in [0, 0.1) is 13.8 Å². The van der Waals surface area contributed by atoms with Gasteiger partial charge in [-0.2, -0.15) is 0 Å². The van der Waals surface area contributed by atoms with E-state index in [1.54, 1.807) is 17.8 Å². The summed E-state index contributed by atoms with van der Waals surface area (Å²) < 4.78 is 5.34. The van der Waals surface area contributed by atoms with Gasteiger partial charge < -0.3 is 4.42 Å². The lowest BCUT2D eigenvalue weighted by Crippen LogP contribution is -1.83. The summed E-state index contributed by atoms with van der Waals surface area (Å²) in [5.41, 5.74) is 2.52. The van der Waals surface area contributed by atoms with Crippen LogP contribution < -0.4 is 0 Å². The molecule has 0 saturated heterocycles. The Kier molecular flexibility index (Phi) is 3.69. The van der Waals surface area contributed by atoms with Crippen LogP contribution in [0.15, 0.2) is 39.6 Å². The molecule has 0 aliphatic carbocycles. The Hall–Kier alpha value is -1.48.